The average molecular weight is 317 g/mol. The zero-order valence-corrected chi connectivity index (χ0v) is 14.3. The van der Waals surface area contributed by atoms with Crippen LogP contribution in [0.4, 0.5) is 0 Å². The van der Waals surface area contributed by atoms with Crippen molar-refractivity contribution in [1.82, 2.24) is 4.90 Å². The molecule has 0 radical (unpaired) electrons. The fraction of sp³-hybridized carbons (Fsp3) is 0.182. The largest absolute Gasteiger partial charge is 0.496 e. The second kappa shape index (κ2) is 7.80. The van der Waals surface area contributed by atoms with Gasteiger partial charge in [-0.25, -0.2) is 0 Å². The topological polar surface area (TPSA) is 12.5 Å². The van der Waals surface area contributed by atoms with E-state index in [2.05, 4.69) is 84.8 Å². The lowest BCUT2D eigenvalue weighted by Crippen LogP contribution is -2.18. The second-order valence-corrected chi connectivity index (χ2v) is 5.98. The van der Waals surface area contributed by atoms with Crippen LogP contribution in [0.2, 0.25) is 0 Å². The van der Waals surface area contributed by atoms with Crippen molar-refractivity contribution in [1.29, 1.82) is 0 Å². The molecular weight excluding hydrogens is 294 g/mol. The van der Waals surface area contributed by atoms with Gasteiger partial charge in [-0.2, -0.15) is 0 Å². The van der Waals surface area contributed by atoms with E-state index < -0.39 is 0 Å². The Bertz CT molecular complexity index is 824. The van der Waals surface area contributed by atoms with E-state index in [-0.39, 0.29) is 0 Å². The van der Waals surface area contributed by atoms with Crippen LogP contribution in [0.5, 0.6) is 5.75 Å². The third kappa shape index (κ3) is 3.84. The number of ether oxygens (including phenoxy) is 1. The van der Waals surface area contributed by atoms with Crippen molar-refractivity contribution >= 4 is 16.8 Å². The summed E-state index contributed by atoms with van der Waals surface area (Å²) in [6, 6.07) is 23.0. The fourth-order valence-electron chi connectivity index (χ4n) is 2.94. The Kier molecular flexibility index (Phi) is 5.29. The number of hydrogen-bond acceptors (Lipinski definition) is 2. The third-order valence-electron chi connectivity index (χ3n) is 4.17. The lowest BCUT2D eigenvalue weighted by molar-refractivity contribution is 0.349. The molecule has 0 saturated carbocycles. The third-order valence-corrected chi connectivity index (χ3v) is 4.17. The number of fused-ring (bicyclic) bond motifs is 1. The van der Waals surface area contributed by atoms with Gasteiger partial charge in [0.15, 0.2) is 0 Å². The van der Waals surface area contributed by atoms with Gasteiger partial charge in [-0.15, -0.1) is 0 Å². The zero-order chi connectivity index (χ0) is 16.8. The summed E-state index contributed by atoms with van der Waals surface area (Å²) >= 11 is 0. The van der Waals surface area contributed by atoms with Gasteiger partial charge in [0.05, 0.1) is 7.11 Å². The summed E-state index contributed by atoms with van der Waals surface area (Å²) in [6.07, 6.45) is 4.36. The summed E-state index contributed by atoms with van der Waals surface area (Å²) in [5.74, 6) is 0.951. The van der Waals surface area contributed by atoms with E-state index in [0.717, 1.165) is 18.8 Å². The van der Waals surface area contributed by atoms with Crippen molar-refractivity contribution in [3.05, 3.63) is 83.9 Å². The fourth-order valence-corrected chi connectivity index (χ4v) is 2.94. The predicted octanol–water partition coefficient (Wildman–Crippen LogP) is 4.99. The highest BCUT2D eigenvalue weighted by Gasteiger charge is 2.10. The van der Waals surface area contributed by atoms with Crippen molar-refractivity contribution in [3.63, 3.8) is 0 Å². The predicted molar refractivity (Wildman–Crippen MR) is 102 cm³/mol. The van der Waals surface area contributed by atoms with Gasteiger partial charge in [0.25, 0.3) is 0 Å². The van der Waals surface area contributed by atoms with E-state index in [1.54, 1.807) is 7.11 Å². The molecule has 0 saturated heterocycles. The maximum atomic E-state index is 5.58. The van der Waals surface area contributed by atoms with Gasteiger partial charge in [-0.1, -0.05) is 72.8 Å². The molecule has 24 heavy (non-hydrogen) atoms. The Hall–Kier alpha value is -2.58. The van der Waals surface area contributed by atoms with E-state index in [0.29, 0.717) is 0 Å². The molecule has 0 spiro atoms. The maximum Gasteiger partial charge on any atom is 0.123 e. The Morgan fingerprint density at radius 3 is 2.46 bits per heavy atom. The Morgan fingerprint density at radius 2 is 1.67 bits per heavy atom. The van der Waals surface area contributed by atoms with Gasteiger partial charge >= 0.3 is 0 Å². The molecule has 0 fully saturated rings. The molecule has 2 nitrogen and oxygen atoms in total. The van der Waals surface area contributed by atoms with Crippen molar-refractivity contribution in [2.24, 2.45) is 0 Å². The van der Waals surface area contributed by atoms with Crippen LogP contribution in [0.3, 0.4) is 0 Å². The molecule has 0 bridgehead atoms. The number of rotatable bonds is 6. The molecule has 0 N–H and O–H groups in total. The van der Waals surface area contributed by atoms with Crippen LogP contribution in [0.25, 0.3) is 16.8 Å². The van der Waals surface area contributed by atoms with E-state index >= 15 is 0 Å². The first-order chi connectivity index (χ1) is 11.8. The Balaban J connectivity index is 1.75. The molecule has 0 aliphatic rings. The molecule has 0 amide bonds. The molecule has 122 valence electrons. The van der Waals surface area contributed by atoms with Crippen LogP contribution in [0, 0.1) is 0 Å². The monoisotopic (exact) mass is 317 g/mol. The molecule has 3 rings (SSSR count). The van der Waals surface area contributed by atoms with Crippen LogP contribution in [0.15, 0.2) is 72.8 Å². The first-order valence-electron chi connectivity index (χ1n) is 8.22. The van der Waals surface area contributed by atoms with Crippen LogP contribution < -0.4 is 4.74 Å². The van der Waals surface area contributed by atoms with E-state index in [1.807, 2.05) is 6.07 Å². The molecular formula is C22H23NO. The van der Waals surface area contributed by atoms with Crippen molar-refractivity contribution < 1.29 is 4.74 Å². The van der Waals surface area contributed by atoms with Gasteiger partial charge in [0, 0.05) is 18.7 Å². The van der Waals surface area contributed by atoms with Crippen LogP contribution in [-0.4, -0.2) is 25.6 Å². The summed E-state index contributed by atoms with van der Waals surface area (Å²) in [4.78, 5) is 2.30. The first kappa shape index (κ1) is 16.3. The average Bonchev–Trinajstić information content (AvgIpc) is 2.63. The highest BCUT2D eigenvalue weighted by atomic mass is 16.5. The molecule has 0 atom stereocenters. The number of methoxy groups -OCH3 is 1. The minimum Gasteiger partial charge on any atom is -0.496 e. The Morgan fingerprint density at radius 1 is 0.917 bits per heavy atom. The van der Waals surface area contributed by atoms with Gasteiger partial charge in [0.1, 0.15) is 5.75 Å². The smallest absolute Gasteiger partial charge is 0.123 e. The number of hydrogen-bond donors (Lipinski definition) is 0. The summed E-state index contributed by atoms with van der Waals surface area (Å²) in [6.45, 7) is 1.74. The summed E-state index contributed by atoms with van der Waals surface area (Å²) < 4.78 is 5.58. The number of nitrogens with zero attached hydrogens (tertiary/aromatic N) is 1. The van der Waals surface area contributed by atoms with Gasteiger partial charge in [0.2, 0.25) is 0 Å². The molecule has 0 heterocycles. The quantitative estimate of drug-likeness (QED) is 0.635. The van der Waals surface area contributed by atoms with Crippen LogP contribution in [0.1, 0.15) is 11.1 Å². The lowest BCUT2D eigenvalue weighted by atomic mass is 10.0. The van der Waals surface area contributed by atoms with Crippen molar-refractivity contribution in [2.75, 3.05) is 20.7 Å². The van der Waals surface area contributed by atoms with Gasteiger partial charge < -0.3 is 4.74 Å². The maximum absolute atomic E-state index is 5.58. The zero-order valence-electron chi connectivity index (χ0n) is 14.3. The normalized spacial score (nSPS) is 11.5. The standard InChI is InChI=1S/C22H23NO/c1-23(16-8-11-18-9-4-3-5-10-18)17-21-20-13-7-6-12-19(20)14-15-22(21)24-2/h3-15H,16-17H2,1-2H3/b11-8+. The summed E-state index contributed by atoms with van der Waals surface area (Å²) in [5, 5.41) is 2.51. The molecule has 3 aromatic carbocycles. The Labute approximate surface area is 144 Å². The van der Waals surface area contributed by atoms with Crippen LogP contribution >= 0.6 is 0 Å². The number of benzene rings is 3. The van der Waals surface area contributed by atoms with E-state index in [1.165, 1.54) is 21.9 Å². The van der Waals surface area contributed by atoms with Crippen LogP contribution in [-0.2, 0) is 6.54 Å². The highest BCUT2D eigenvalue weighted by molar-refractivity contribution is 5.87. The summed E-state index contributed by atoms with van der Waals surface area (Å²) in [5.41, 5.74) is 2.47. The van der Waals surface area contributed by atoms with Crippen molar-refractivity contribution in [3.8, 4) is 5.75 Å². The minimum atomic E-state index is 0.851. The van der Waals surface area contributed by atoms with Gasteiger partial charge in [-0.3, -0.25) is 4.90 Å². The lowest BCUT2D eigenvalue weighted by Gasteiger charge is -2.18. The first-order valence-corrected chi connectivity index (χ1v) is 8.22. The molecule has 3 aromatic rings. The number of likely N-dealkylation sites (N-methyl/N-ethyl adjacent to an activating group) is 1. The molecule has 0 aliphatic heterocycles. The highest BCUT2D eigenvalue weighted by Crippen LogP contribution is 2.28. The molecule has 2 heteroatoms. The second-order valence-electron chi connectivity index (χ2n) is 5.98. The van der Waals surface area contributed by atoms with E-state index in [4.69, 9.17) is 4.74 Å². The SMILES string of the molecule is COc1ccc2ccccc2c1CN(C)C/C=C/c1ccccc1. The van der Waals surface area contributed by atoms with E-state index in [9.17, 15) is 0 Å². The van der Waals surface area contributed by atoms with Gasteiger partial charge in [-0.05, 0) is 29.4 Å². The minimum absolute atomic E-state index is 0.851. The molecule has 0 aromatic heterocycles. The molecule has 0 aliphatic carbocycles. The summed E-state index contributed by atoms with van der Waals surface area (Å²) in [7, 11) is 3.87. The molecule has 0 unspecified atom stereocenters. The van der Waals surface area contributed by atoms with Crippen molar-refractivity contribution in [2.45, 2.75) is 6.54 Å².